The number of tetrazole rings is 1. The van der Waals surface area contributed by atoms with Crippen molar-refractivity contribution in [3.8, 4) is 0 Å². The Morgan fingerprint density at radius 3 is 2.83 bits per heavy atom. The molecule has 2 aromatic rings. The lowest BCUT2D eigenvalue weighted by Crippen LogP contribution is -2.14. The van der Waals surface area contributed by atoms with Crippen molar-refractivity contribution in [3.63, 3.8) is 0 Å². The molecule has 0 amide bonds. The SMILES string of the molecule is Cc1cc(NC(C)c2nnnn2C2CC2)nn1C. The molecule has 7 nitrogen and oxygen atoms in total. The third-order valence-corrected chi connectivity index (χ3v) is 3.28. The highest BCUT2D eigenvalue weighted by molar-refractivity contribution is 5.37. The summed E-state index contributed by atoms with van der Waals surface area (Å²) in [7, 11) is 1.93. The second-order valence-electron chi connectivity index (χ2n) is 4.87. The maximum atomic E-state index is 4.38. The van der Waals surface area contributed by atoms with Crippen LogP contribution in [-0.2, 0) is 7.05 Å². The van der Waals surface area contributed by atoms with Crippen molar-refractivity contribution >= 4 is 5.82 Å². The average molecular weight is 247 g/mol. The summed E-state index contributed by atoms with van der Waals surface area (Å²) < 4.78 is 3.77. The van der Waals surface area contributed by atoms with E-state index in [9.17, 15) is 0 Å². The van der Waals surface area contributed by atoms with Crippen molar-refractivity contribution in [2.24, 2.45) is 7.05 Å². The highest BCUT2D eigenvalue weighted by Crippen LogP contribution is 2.35. The summed E-state index contributed by atoms with van der Waals surface area (Å²) >= 11 is 0. The molecule has 2 aromatic heterocycles. The van der Waals surface area contributed by atoms with Crippen LogP contribution in [0.5, 0.6) is 0 Å². The van der Waals surface area contributed by atoms with E-state index < -0.39 is 0 Å². The molecule has 0 saturated heterocycles. The van der Waals surface area contributed by atoms with Gasteiger partial charge in [0.25, 0.3) is 0 Å². The predicted molar refractivity (Wildman–Crippen MR) is 66.1 cm³/mol. The lowest BCUT2D eigenvalue weighted by molar-refractivity contribution is 0.566. The van der Waals surface area contributed by atoms with Crippen LogP contribution in [0.4, 0.5) is 5.82 Å². The Kier molecular flexibility index (Phi) is 2.53. The minimum absolute atomic E-state index is 0.0508. The first-order chi connectivity index (χ1) is 8.65. The summed E-state index contributed by atoms with van der Waals surface area (Å²) in [5.74, 6) is 1.73. The van der Waals surface area contributed by atoms with Gasteiger partial charge in [0.15, 0.2) is 5.82 Å². The van der Waals surface area contributed by atoms with Gasteiger partial charge in [-0.1, -0.05) is 0 Å². The molecule has 2 heterocycles. The highest BCUT2D eigenvalue weighted by atomic mass is 15.6. The minimum atomic E-state index is 0.0508. The number of aryl methyl sites for hydroxylation is 2. The van der Waals surface area contributed by atoms with E-state index in [2.05, 4.69) is 32.9 Å². The lowest BCUT2D eigenvalue weighted by Gasteiger charge is -2.12. The van der Waals surface area contributed by atoms with E-state index in [1.54, 1.807) is 0 Å². The van der Waals surface area contributed by atoms with Crippen molar-refractivity contribution in [1.82, 2.24) is 30.0 Å². The maximum Gasteiger partial charge on any atom is 0.173 e. The smallest absolute Gasteiger partial charge is 0.173 e. The predicted octanol–water partition coefficient (Wildman–Crippen LogP) is 1.22. The van der Waals surface area contributed by atoms with Crippen LogP contribution in [0.25, 0.3) is 0 Å². The normalized spacial score (nSPS) is 16.8. The molecule has 1 atom stereocenters. The largest absolute Gasteiger partial charge is 0.359 e. The molecule has 0 bridgehead atoms. The molecule has 1 unspecified atom stereocenters. The number of hydrogen-bond acceptors (Lipinski definition) is 5. The molecule has 1 saturated carbocycles. The van der Waals surface area contributed by atoms with Gasteiger partial charge in [-0.15, -0.1) is 5.10 Å². The van der Waals surface area contributed by atoms with E-state index in [4.69, 9.17) is 0 Å². The fourth-order valence-electron chi connectivity index (χ4n) is 1.98. The molecule has 0 aromatic carbocycles. The van der Waals surface area contributed by atoms with E-state index in [0.29, 0.717) is 6.04 Å². The van der Waals surface area contributed by atoms with Crippen LogP contribution in [0.15, 0.2) is 6.07 Å². The average Bonchev–Trinajstić information content (AvgIpc) is 2.96. The number of nitrogens with one attached hydrogen (secondary N) is 1. The fraction of sp³-hybridized carbons (Fsp3) is 0.636. The van der Waals surface area contributed by atoms with Crippen LogP contribution in [0.2, 0.25) is 0 Å². The summed E-state index contributed by atoms with van der Waals surface area (Å²) in [5.41, 5.74) is 1.12. The molecule has 1 aliphatic carbocycles. The Balaban J connectivity index is 1.77. The topological polar surface area (TPSA) is 73.5 Å². The first-order valence-electron chi connectivity index (χ1n) is 6.20. The summed E-state index contributed by atoms with van der Waals surface area (Å²) in [5, 5.41) is 19.6. The monoisotopic (exact) mass is 247 g/mol. The number of aromatic nitrogens is 6. The Morgan fingerprint density at radius 1 is 1.44 bits per heavy atom. The van der Waals surface area contributed by atoms with Crippen LogP contribution in [0.1, 0.15) is 43.4 Å². The zero-order chi connectivity index (χ0) is 12.7. The lowest BCUT2D eigenvalue weighted by atomic mass is 10.3. The molecule has 18 heavy (non-hydrogen) atoms. The fourth-order valence-corrected chi connectivity index (χ4v) is 1.98. The Morgan fingerprint density at radius 2 is 2.22 bits per heavy atom. The van der Waals surface area contributed by atoms with Gasteiger partial charge >= 0.3 is 0 Å². The van der Waals surface area contributed by atoms with Gasteiger partial charge in [-0.3, -0.25) is 4.68 Å². The van der Waals surface area contributed by atoms with Gasteiger partial charge in [-0.2, -0.15) is 5.10 Å². The zero-order valence-electron chi connectivity index (χ0n) is 10.8. The molecule has 3 rings (SSSR count). The third kappa shape index (κ3) is 1.96. The van der Waals surface area contributed by atoms with Crippen LogP contribution >= 0.6 is 0 Å². The van der Waals surface area contributed by atoms with Crippen molar-refractivity contribution in [1.29, 1.82) is 0 Å². The standard InChI is InChI=1S/C11H17N7/c1-7-6-10(14-17(7)3)12-8(2)11-13-15-16-18(11)9-4-5-9/h6,8-9H,4-5H2,1-3H3,(H,12,14). The van der Waals surface area contributed by atoms with Gasteiger partial charge in [-0.25, -0.2) is 4.68 Å². The number of nitrogens with zero attached hydrogens (tertiary/aromatic N) is 6. The molecule has 7 heteroatoms. The first kappa shape index (κ1) is 11.2. The van der Waals surface area contributed by atoms with Crippen molar-refractivity contribution in [2.75, 3.05) is 5.32 Å². The van der Waals surface area contributed by atoms with E-state index in [0.717, 1.165) is 17.3 Å². The number of anilines is 1. The van der Waals surface area contributed by atoms with Crippen LogP contribution < -0.4 is 5.32 Å². The Hall–Kier alpha value is -1.92. The van der Waals surface area contributed by atoms with E-state index >= 15 is 0 Å². The van der Waals surface area contributed by atoms with Crippen molar-refractivity contribution in [2.45, 2.75) is 38.8 Å². The zero-order valence-corrected chi connectivity index (χ0v) is 10.8. The van der Waals surface area contributed by atoms with E-state index in [1.807, 2.05) is 29.4 Å². The summed E-state index contributed by atoms with van der Waals surface area (Å²) in [6.45, 7) is 4.08. The molecular formula is C11H17N7. The van der Waals surface area contributed by atoms with Crippen LogP contribution in [0, 0.1) is 6.92 Å². The molecule has 1 fully saturated rings. The Bertz CT molecular complexity index is 532. The van der Waals surface area contributed by atoms with Gasteiger partial charge < -0.3 is 5.32 Å². The second-order valence-corrected chi connectivity index (χ2v) is 4.87. The maximum absolute atomic E-state index is 4.38. The van der Waals surface area contributed by atoms with Crippen molar-refractivity contribution < 1.29 is 0 Å². The van der Waals surface area contributed by atoms with E-state index in [-0.39, 0.29) is 6.04 Å². The molecule has 0 spiro atoms. The molecule has 1 N–H and O–H groups in total. The van der Waals surface area contributed by atoms with Gasteiger partial charge in [0.1, 0.15) is 5.82 Å². The number of hydrogen-bond donors (Lipinski definition) is 1. The molecule has 0 aliphatic heterocycles. The Labute approximate surface area is 105 Å². The van der Waals surface area contributed by atoms with Crippen LogP contribution in [0.3, 0.4) is 0 Å². The summed E-state index contributed by atoms with van der Waals surface area (Å²) in [6.07, 6.45) is 2.35. The van der Waals surface area contributed by atoms with Crippen molar-refractivity contribution in [3.05, 3.63) is 17.6 Å². The van der Waals surface area contributed by atoms with Gasteiger partial charge in [0, 0.05) is 18.8 Å². The van der Waals surface area contributed by atoms with Gasteiger partial charge in [0.2, 0.25) is 0 Å². The van der Waals surface area contributed by atoms with Crippen LogP contribution in [-0.4, -0.2) is 30.0 Å². The minimum Gasteiger partial charge on any atom is -0.359 e. The molecule has 1 aliphatic rings. The molecular weight excluding hydrogens is 230 g/mol. The summed E-state index contributed by atoms with van der Waals surface area (Å²) in [4.78, 5) is 0. The first-order valence-corrected chi connectivity index (χ1v) is 6.20. The van der Waals surface area contributed by atoms with Gasteiger partial charge in [0.05, 0.1) is 12.1 Å². The van der Waals surface area contributed by atoms with Gasteiger partial charge in [-0.05, 0) is 37.1 Å². The third-order valence-electron chi connectivity index (χ3n) is 3.28. The second kappa shape index (κ2) is 4.08. The highest BCUT2D eigenvalue weighted by Gasteiger charge is 2.29. The quantitative estimate of drug-likeness (QED) is 0.879. The molecule has 96 valence electrons. The van der Waals surface area contributed by atoms with E-state index in [1.165, 1.54) is 12.8 Å². The summed E-state index contributed by atoms with van der Waals surface area (Å²) in [6, 6.07) is 2.56. The molecule has 0 radical (unpaired) electrons. The number of rotatable bonds is 4.